The monoisotopic (exact) mass is 256 g/mol. The quantitative estimate of drug-likeness (QED) is 0.517. The molecule has 80 valence electrons. The van der Waals surface area contributed by atoms with Crippen LogP contribution in [0.5, 0.6) is 0 Å². The highest BCUT2D eigenvalue weighted by atomic mass is 32.2. The maximum Gasteiger partial charge on any atom is 0.151 e. The van der Waals surface area contributed by atoms with Gasteiger partial charge in [0.25, 0.3) is 0 Å². The van der Waals surface area contributed by atoms with E-state index < -0.39 is 0 Å². The molecule has 0 fully saturated rings. The van der Waals surface area contributed by atoms with Crippen LogP contribution in [0, 0.1) is 0 Å². The minimum Gasteiger partial charge on any atom is -0.399 e. The van der Waals surface area contributed by atoms with E-state index in [1.54, 1.807) is 11.3 Å². The van der Waals surface area contributed by atoms with Crippen molar-refractivity contribution in [1.82, 2.24) is 4.98 Å². The van der Waals surface area contributed by atoms with E-state index in [2.05, 4.69) is 11.2 Å². The number of anilines is 1. The molecule has 1 aromatic heterocycles. The van der Waals surface area contributed by atoms with Gasteiger partial charge in [-0.3, -0.25) is 0 Å². The van der Waals surface area contributed by atoms with Crippen LogP contribution in [-0.2, 0) is 0 Å². The number of nitrogens with two attached hydrogens (primary N) is 1. The van der Waals surface area contributed by atoms with Gasteiger partial charge < -0.3 is 5.73 Å². The molecule has 0 amide bonds. The molecule has 5 heteroatoms. The molecule has 2 nitrogen and oxygen atoms in total. The lowest BCUT2D eigenvalue weighted by atomic mass is 10.3. The topological polar surface area (TPSA) is 38.9 Å². The molecule has 0 aliphatic rings. The number of benzene rings is 1. The highest BCUT2D eigenvalue weighted by Gasteiger charge is 2.03. The van der Waals surface area contributed by atoms with Crippen LogP contribution >= 0.6 is 34.9 Å². The lowest BCUT2D eigenvalue weighted by Gasteiger charge is -1.92. The van der Waals surface area contributed by atoms with Gasteiger partial charge in [0.1, 0.15) is 0 Å². The van der Waals surface area contributed by atoms with Crippen molar-refractivity contribution in [3.63, 3.8) is 0 Å². The number of hydrogen-bond donors (Lipinski definition) is 1. The van der Waals surface area contributed by atoms with Gasteiger partial charge in [0.15, 0.2) is 4.34 Å². The van der Waals surface area contributed by atoms with Crippen molar-refractivity contribution in [2.24, 2.45) is 0 Å². The molecule has 0 aliphatic carbocycles. The van der Waals surface area contributed by atoms with E-state index in [1.165, 1.54) is 10.5 Å². The second kappa shape index (κ2) is 5.09. The average Bonchev–Trinajstić information content (AvgIpc) is 2.60. The first-order chi connectivity index (χ1) is 7.29. The molecule has 0 bridgehead atoms. The third kappa shape index (κ3) is 2.80. The Bertz CT molecular complexity index is 453. The van der Waals surface area contributed by atoms with E-state index in [-0.39, 0.29) is 0 Å². The minimum absolute atomic E-state index is 0.812. The van der Waals surface area contributed by atoms with E-state index in [0.29, 0.717) is 0 Å². The molecule has 2 N–H and O–H groups in total. The van der Waals surface area contributed by atoms with Crippen molar-refractivity contribution in [1.29, 1.82) is 0 Å². The summed E-state index contributed by atoms with van der Waals surface area (Å²) < 4.78 is 2.33. The lowest BCUT2D eigenvalue weighted by Crippen LogP contribution is -1.82. The first-order valence-corrected chi connectivity index (χ1v) is 7.77. The largest absolute Gasteiger partial charge is 0.399 e. The second-order valence-electron chi connectivity index (χ2n) is 3.05. The van der Waals surface area contributed by atoms with Gasteiger partial charge in [0.05, 0.1) is 10.2 Å². The van der Waals surface area contributed by atoms with Crippen LogP contribution in [0.25, 0.3) is 10.2 Å². The number of aromatic nitrogens is 1. The van der Waals surface area contributed by atoms with Gasteiger partial charge in [-0.2, -0.15) is 11.8 Å². The van der Waals surface area contributed by atoms with Crippen LogP contribution in [0.3, 0.4) is 0 Å². The summed E-state index contributed by atoms with van der Waals surface area (Å²) in [4.78, 5) is 4.54. The van der Waals surface area contributed by atoms with E-state index in [9.17, 15) is 0 Å². The predicted octanol–water partition coefficient (Wildman–Crippen LogP) is 3.33. The Balaban J connectivity index is 2.16. The normalized spacial score (nSPS) is 11.0. The van der Waals surface area contributed by atoms with Crippen LogP contribution in [0.4, 0.5) is 5.69 Å². The zero-order chi connectivity index (χ0) is 10.7. The molecule has 0 unspecified atom stereocenters. The Morgan fingerprint density at radius 3 is 3.07 bits per heavy atom. The number of thiazole rings is 1. The summed E-state index contributed by atoms with van der Waals surface area (Å²) in [6, 6.07) is 5.88. The van der Waals surface area contributed by atoms with Crippen molar-refractivity contribution in [3.05, 3.63) is 18.2 Å². The van der Waals surface area contributed by atoms with E-state index in [1.807, 2.05) is 41.7 Å². The molecule has 0 aliphatic heterocycles. The van der Waals surface area contributed by atoms with Crippen molar-refractivity contribution in [2.75, 3.05) is 23.5 Å². The van der Waals surface area contributed by atoms with Crippen LogP contribution < -0.4 is 5.73 Å². The highest BCUT2D eigenvalue weighted by molar-refractivity contribution is 8.03. The zero-order valence-corrected chi connectivity index (χ0v) is 10.8. The molecular weight excluding hydrogens is 244 g/mol. The van der Waals surface area contributed by atoms with Gasteiger partial charge in [0, 0.05) is 17.2 Å². The summed E-state index contributed by atoms with van der Waals surface area (Å²) in [6.45, 7) is 0. The molecule has 1 aromatic carbocycles. The Morgan fingerprint density at radius 1 is 1.40 bits per heavy atom. The molecule has 0 saturated carbocycles. The van der Waals surface area contributed by atoms with Gasteiger partial charge >= 0.3 is 0 Å². The van der Waals surface area contributed by atoms with Crippen molar-refractivity contribution in [2.45, 2.75) is 4.34 Å². The Kier molecular flexibility index (Phi) is 3.77. The SMILES string of the molecule is CSCCSc1nc2ccc(N)cc2s1. The maximum atomic E-state index is 5.72. The third-order valence-electron chi connectivity index (χ3n) is 1.91. The smallest absolute Gasteiger partial charge is 0.151 e. The van der Waals surface area contributed by atoms with Crippen LogP contribution in [0.1, 0.15) is 0 Å². The van der Waals surface area contributed by atoms with Crippen molar-refractivity contribution >= 4 is 50.8 Å². The van der Waals surface area contributed by atoms with E-state index in [4.69, 9.17) is 5.73 Å². The summed E-state index contributed by atoms with van der Waals surface area (Å²) in [5.41, 5.74) is 7.59. The van der Waals surface area contributed by atoms with Gasteiger partial charge in [-0.1, -0.05) is 11.8 Å². The molecule has 15 heavy (non-hydrogen) atoms. The van der Waals surface area contributed by atoms with Crippen LogP contribution in [0.15, 0.2) is 22.5 Å². The number of nitrogen functional groups attached to an aromatic ring is 1. The summed E-state index contributed by atoms with van der Waals surface area (Å²) >= 11 is 5.41. The fourth-order valence-electron chi connectivity index (χ4n) is 1.19. The van der Waals surface area contributed by atoms with Crippen molar-refractivity contribution in [3.8, 4) is 0 Å². The highest BCUT2D eigenvalue weighted by Crippen LogP contribution is 2.30. The molecule has 2 aromatic rings. The van der Waals surface area contributed by atoms with Gasteiger partial charge in [-0.25, -0.2) is 4.98 Å². The van der Waals surface area contributed by atoms with Gasteiger partial charge in [-0.05, 0) is 24.5 Å². The average molecular weight is 256 g/mol. The molecule has 2 rings (SSSR count). The van der Waals surface area contributed by atoms with Gasteiger partial charge in [-0.15, -0.1) is 11.3 Å². The number of hydrogen-bond acceptors (Lipinski definition) is 5. The summed E-state index contributed by atoms with van der Waals surface area (Å²) in [5, 5.41) is 0. The second-order valence-corrected chi connectivity index (χ2v) is 6.41. The first-order valence-electron chi connectivity index (χ1n) is 4.57. The predicted molar refractivity (Wildman–Crippen MR) is 73.1 cm³/mol. The minimum atomic E-state index is 0.812. The lowest BCUT2D eigenvalue weighted by molar-refractivity contribution is 1.30. The number of nitrogens with zero attached hydrogens (tertiary/aromatic N) is 1. The maximum absolute atomic E-state index is 5.72. The Morgan fingerprint density at radius 2 is 2.27 bits per heavy atom. The molecule has 0 spiro atoms. The Hall–Kier alpha value is -0.390. The van der Waals surface area contributed by atoms with Crippen molar-refractivity contribution < 1.29 is 0 Å². The number of fused-ring (bicyclic) bond motifs is 1. The third-order valence-corrected chi connectivity index (χ3v) is 4.94. The molecule has 1 heterocycles. The summed E-state index contributed by atoms with van der Waals surface area (Å²) in [5.74, 6) is 2.29. The first kappa shape index (κ1) is 11.1. The summed E-state index contributed by atoms with van der Waals surface area (Å²) in [6.07, 6.45) is 2.12. The molecular formula is C10H12N2S3. The molecule has 0 saturated heterocycles. The van der Waals surface area contributed by atoms with Crippen LogP contribution in [-0.4, -0.2) is 22.7 Å². The fraction of sp³-hybridized carbons (Fsp3) is 0.300. The summed E-state index contributed by atoms with van der Waals surface area (Å²) in [7, 11) is 0. The van der Waals surface area contributed by atoms with Crippen LogP contribution in [0.2, 0.25) is 0 Å². The number of thioether (sulfide) groups is 2. The standard InChI is InChI=1S/C10H12N2S3/c1-13-4-5-14-10-12-8-3-2-7(11)6-9(8)15-10/h2-3,6H,4-5,11H2,1H3. The molecule has 0 radical (unpaired) electrons. The molecule has 0 atom stereocenters. The van der Waals surface area contributed by atoms with E-state index in [0.717, 1.165) is 21.3 Å². The fourth-order valence-corrected chi connectivity index (χ4v) is 4.03. The zero-order valence-electron chi connectivity index (χ0n) is 8.40. The van der Waals surface area contributed by atoms with Gasteiger partial charge in [0.2, 0.25) is 0 Å². The van der Waals surface area contributed by atoms with E-state index >= 15 is 0 Å². The Labute approximate surface area is 102 Å². The number of rotatable bonds is 4.